The van der Waals surface area contributed by atoms with Crippen LogP contribution in [0.5, 0.6) is 5.75 Å². The smallest absolute Gasteiger partial charge is 0.209 e. The molecule has 7 heteroatoms. The normalized spacial score (nSPS) is 12.1. The molecule has 0 bridgehead atoms. The molecule has 0 radical (unpaired) electrons. The molecule has 2 aromatic carbocycles. The van der Waals surface area contributed by atoms with E-state index in [9.17, 15) is 5.11 Å². The van der Waals surface area contributed by atoms with E-state index in [1.54, 1.807) is 18.3 Å². The summed E-state index contributed by atoms with van der Waals surface area (Å²) in [7, 11) is 0. The van der Waals surface area contributed by atoms with Gasteiger partial charge in [-0.15, -0.1) is 0 Å². The van der Waals surface area contributed by atoms with Gasteiger partial charge in [0, 0.05) is 34.2 Å². The first-order chi connectivity index (χ1) is 12.1. The molecular weight excluding hydrogens is 338 g/mol. The molecule has 0 saturated heterocycles. The minimum Gasteiger partial charge on any atom is -0.508 e. The zero-order valence-corrected chi connectivity index (χ0v) is 14.2. The number of benzene rings is 2. The number of halogens is 1. The molecule has 3 rings (SSSR count). The number of hydrogen-bond donors (Lipinski definition) is 4. The summed E-state index contributed by atoms with van der Waals surface area (Å²) in [5.41, 5.74) is 11.4. The minimum absolute atomic E-state index is 0.206. The number of phenols is 1. The second kappa shape index (κ2) is 7.72. The van der Waals surface area contributed by atoms with Crippen LogP contribution in [-0.4, -0.2) is 28.8 Å². The molecule has 5 N–H and O–H groups in total. The molecule has 0 spiro atoms. The average Bonchev–Trinajstić information content (AvgIpc) is 2.99. The molecule has 0 unspecified atom stereocenters. The van der Waals surface area contributed by atoms with Crippen molar-refractivity contribution in [3.63, 3.8) is 0 Å². The van der Waals surface area contributed by atoms with Crippen LogP contribution >= 0.6 is 11.6 Å². The second-order valence-corrected chi connectivity index (χ2v) is 5.92. The first-order valence-electron chi connectivity index (χ1n) is 7.75. The van der Waals surface area contributed by atoms with Gasteiger partial charge in [0.1, 0.15) is 5.75 Å². The van der Waals surface area contributed by atoms with Crippen molar-refractivity contribution in [1.29, 1.82) is 0 Å². The fourth-order valence-electron chi connectivity index (χ4n) is 2.40. The number of aromatic hydroxyl groups is 1. The molecule has 3 aromatic rings. The van der Waals surface area contributed by atoms with Gasteiger partial charge in [0.05, 0.1) is 6.21 Å². The number of guanidine groups is 1. The molecule has 0 saturated carbocycles. The summed E-state index contributed by atoms with van der Waals surface area (Å²) in [5, 5.41) is 15.2. The van der Waals surface area contributed by atoms with Gasteiger partial charge < -0.3 is 15.8 Å². The van der Waals surface area contributed by atoms with Crippen LogP contribution in [0.3, 0.4) is 0 Å². The summed E-state index contributed by atoms with van der Waals surface area (Å²) in [6.07, 6.45) is 4.20. The Hall–Kier alpha value is -2.99. The Morgan fingerprint density at radius 2 is 2.04 bits per heavy atom. The number of nitrogens with zero attached hydrogens (tertiary/aromatic N) is 2. The number of rotatable bonds is 5. The topological polar surface area (TPSA) is 98.8 Å². The number of phenolic OH excluding ortho intramolecular Hbond substituents is 1. The zero-order chi connectivity index (χ0) is 17.6. The van der Waals surface area contributed by atoms with E-state index in [1.807, 2.05) is 36.5 Å². The molecule has 1 heterocycles. The molecule has 0 atom stereocenters. The number of hydrazone groups is 1. The molecule has 6 nitrogen and oxygen atoms in total. The lowest BCUT2D eigenvalue weighted by Gasteiger charge is -2.01. The van der Waals surface area contributed by atoms with Crippen molar-refractivity contribution >= 4 is 34.7 Å². The summed E-state index contributed by atoms with van der Waals surface area (Å²) < 4.78 is 0. The number of fused-ring (bicyclic) bond motifs is 1. The Kier molecular flexibility index (Phi) is 5.20. The number of aromatic nitrogens is 1. The lowest BCUT2D eigenvalue weighted by atomic mass is 10.1. The average molecular weight is 356 g/mol. The SMILES string of the molecule is NC(=NCCc1ccc(Cl)cc1)N/N=C/c1c[nH]c2ccc(O)cc12. The highest BCUT2D eigenvalue weighted by Crippen LogP contribution is 2.21. The number of aliphatic imine (C=N–C) groups is 1. The van der Waals surface area contributed by atoms with Gasteiger partial charge in [-0.3, -0.25) is 4.99 Å². The number of hydrogen-bond acceptors (Lipinski definition) is 3. The van der Waals surface area contributed by atoms with Crippen molar-refractivity contribution in [2.45, 2.75) is 6.42 Å². The van der Waals surface area contributed by atoms with Gasteiger partial charge in [0.25, 0.3) is 0 Å². The molecule has 128 valence electrons. The highest BCUT2D eigenvalue weighted by Gasteiger charge is 2.02. The third-order valence-electron chi connectivity index (χ3n) is 3.68. The third kappa shape index (κ3) is 4.51. The van der Waals surface area contributed by atoms with E-state index in [0.717, 1.165) is 28.5 Å². The number of nitrogens with one attached hydrogen (secondary N) is 2. The lowest BCUT2D eigenvalue weighted by molar-refractivity contribution is 0.476. The van der Waals surface area contributed by atoms with E-state index in [0.29, 0.717) is 11.6 Å². The molecule has 0 aliphatic heterocycles. The van der Waals surface area contributed by atoms with Gasteiger partial charge in [-0.05, 0) is 42.3 Å². The van der Waals surface area contributed by atoms with Crippen molar-refractivity contribution in [2.24, 2.45) is 15.8 Å². The van der Waals surface area contributed by atoms with Crippen LogP contribution < -0.4 is 11.2 Å². The Balaban J connectivity index is 1.55. The summed E-state index contributed by atoms with van der Waals surface area (Å²) in [6.45, 7) is 0.553. The second-order valence-electron chi connectivity index (χ2n) is 5.49. The molecule has 1 aromatic heterocycles. The minimum atomic E-state index is 0.206. The summed E-state index contributed by atoms with van der Waals surface area (Å²) >= 11 is 5.85. The molecule has 25 heavy (non-hydrogen) atoms. The van der Waals surface area contributed by atoms with Gasteiger partial charge in [-0.2, -0.15) is 5.10 Å². The zero-order valence-electron chi connectivity index (χ0n) is 13.4. The van der Waals surface area contributed by atoms with Crippen LogP contribution in [0.4, 0.5) is 0 Å². The Labute approximate surface area is 150 Å². The third-order valence-corrected chi connectivity index (χ3v) is 3.93. The maximum Gasteiger partial charge on any atom is 0.209 e. The summed E-state index contributed by atoms with van der Waals surface area (Å²) in [4.78, 5) is 7.33. The standard InChI is InChI=1S/C18H18ClN5O/c19-14-3-1-12(2-4-14)7-8-21-18(20)24-23-11-13-10-22-17-6-5-15(25)9-16(13)17/h1-6,9-11,22,25H,7-8H2,(H3,20,21,24)/b23-11+. The predicted molar refractivity (Wildman–Crippen MR) is 102 cm³/mol. The van der Waals surface area contributed by atoms with Gasteiger partial charge >= 0.3 is 0 Å². The number of aromatic amines is 1. The Morgan fingerprint density at radius 1 is 1.24 bits per heavy atom. The predicted octanol–water partition coefficient (Wildman–Crippen LogP) is 3.01. The van der Waals surface area contributed by atoms with Gasteiger partial charge in [0.2, 0.25) is 5.96 Å². The van der Waals surface area contributed by atoms with Crippen LogP contribution in [0, 0.1) is 0 Å². The maximum absolute atomic E-state index is 9.57. The van der Waals surface area contributed by atoms with Crippen molar-refractivity contribution < 1.29 is 5.11 Å². The van der Waals surface area contributed by atoms with Crippen LogP contribution in [0.15, 0.2) is 58.8 Å². The van der Waals surface area contributed by atoms with E-state index in [1.165, 1.54) is 0 Å². The monoisotopic (exact) mass is 355 g/mol. The van der Waals surface area contributed by atoms with Crippen molar-refractivity contribution in [3.8, 4) is 5.75 Å². The van der Waals surface area contributed by atoms with E-state index in [-0.39, 0.29) is 11.7 Å². The first kappa shape index (κ1) is 16.9. The molecule has 0 aliphatic rings. The molecular formula is C18H18ClN5O. The summed E-state index contributed by atoms with van der Waals surface area (Å²) in [6, 6.07) is 12.7. The maximum atomic E-state index is 9.57. The van der Waals surface area contributed by atoms with Gasteiger partial charge in [0.15, 0.2) is 0 Å². The van der Waals surface area contributed by atoms with Crippen molar-refractivity contribution in [3.05, 3.63) is 64.8 Å². The van der Waals surface area contributed by atoms with Gasteiger partial charge in [-0.25, -0.2) is 5.43 Å². The molecule has 0 amide bonds. The fraction of sp³-hybridized carbons (Fsp3) is 0.111. The Morgan fingerprint density at radius 3 is 2.84 bits per heavy atom. The number of nitrogens with two attached hydrogens (primary N) is 1. The van der Waals surface area contributed by atoms with Crippen LogP contribution in [0.2, 0.25) is 5.02 Å². The quantitative estimate of drug-likeness (QED) is 0.321. The highest BCUT2D eigenvalue weighted by molar-refractivity contribution is 6.30. The molecule has 0 aliphatic carbocycles. The summed E-state index contributed by atoms with van der Waals surface area (Å²) in [5.74, 6) is 0.450. The van der Waals surface area contributed by atoms with E-state index >= 15 is 0 Å². The highest BCUT2D eigenvalue weighted by atomic mass is 35.5. The van der Waals surface area contributed by atoms with E-state index < -0.39 is 0 Å². The largest absolute Gasteiger partial charge is 0.508 e. The van der Waals surface area contributed by atoms with Crippen molar-refractivity contribution in [1.82, 2.24) is 10.4 Å². The van der Waals surface area contributed by atoms with Crippen LogP contribution in [-0.2, 0) is 6.42 Å². The van der Waals surface area contributed by atoms with Crippen LogP contribution in [0.25, 0.3) is 10.9 Å². The first-order valence-corrected chi connectivity index (χ1v) is 8.13. The Bertz CT molecular complexity index is 915. The van der Waals surface area contributed by atoms with Crippen LogP contribution in [0.1, 0.15) is 11.1 Å². The fourth-order valence-corrected chi connectivity index (χ4v) is 2.52. The molecule has 0 fully saturated rings. The number of H-pyrrole nitrogens is 1. The lowest BCUT2D eigenvalue weighted by Crippen LogP contribution is -2.27. The van der Waals surface area contributed by atoms with E-state index in [2.05, 4.69) is 20.5 Å². The van der Waals surface area contributed by atoms with Crippen molar-refractivity contribution in [2.75, 3.05) is 6.54 Å². The van der Waals surface area contributed by atoms with Gasteiger partial charge in [-0.1, -0.05) is 23.7 Å². The van der Waals surface area contributed by atoms with E-state index in [4.69, 9.17) is 17.3 Å².